The average Bonchev–Trinajstić information content (AvgIpc) is 3.32. The van der Waals surface area contributed by atoms with Gasteiger partial charge in [-0.1, -0.05) is 0 Å². The van der Waals surface area contributed by atoms with E-state index in [0.717, 1.165) is 43.5 Å². The minimum Gasteiger partial charge on any atom is -0.383 e. The molecule has 34 heavy (non-hydrogen) atoms. The van der Waals surface area contributed by atoms with Crippen LogP contribution in [0.2, 0.25) is 0 Å². The Balaban J connectivity index is 1.43. The van der Waals surface area contributed by atoms with Gasteiger partial charge in [-0.15, -0.1) is 0 Å². The van der Waals surface area contributed by atoms with Crippen LogP contribution in [-0.4, -0.2) is 51.8 Å². The maximum Gasteiger partial charge on any atom is 0.253 e. The normalized spacial score (nSPS) is 17.1. The van der Waals surface area contributed by atoms with Crippen molar-refractivity contribution in [2.24, 2.45) is 22.2 Å². The first kappa shape index (κ1) is 23.4. The molecular weight excluding hydrogens is 435 g/mol. The van der Waals surface area contributed by atoms with Gasteiger partial charge in [-0.3, -0.25) is 9.69 Å². The van der Waals surface area contributed by atoms with E-state index in [9.17, 15) is 9.18 Å². The number of amidine groups is 1. The number of nitrogens with one attached hydrogen (secondary N) is 2. The molecular formula is C24H29FN8O. The zero-order valence-corrected chi connectivity index (χ0v) is 18.8. The first-order valence-corrected chi connectivity index (χ1v) is 11.1. The third kappa shape index (κ3) is 5.24. The van der Waals surface area contributed by atoms with Crippen LogP contribution in [0.1, 0.15) is 18.4 Å². The Bertz CT molecular complexity index is 1210. The molecule has 3 heterocycles. The summed E-state index contributed by atoms with van der Waals surface area (Å²) in [7, 11) is 0. The number of carbonyl (C=O) groups is 1. The number of hydrogen-bond acceptors (Lipinski definition) is 6. The van der Waals surface area contributed by atoms with Gasteiger partial charge in [0, 0.05) is 50.2 Å². The lowest BCUT2D eigenvalue weighted by atomic mass is 9.87. The number of aliphatic imine (C=N–C) groups is 1. The lowest BCUT2D eigenvalue weighted by Crippen LogP contribution is -2.56. The first-order chi connectivity index (χ1) is 16.4. The van der Waals surface area contributed by atoms with Crippen LogP contribution in [-0.2, 0) is 11.3 Å². The van der Waals surface area contributed by atoms with E-state index < -0.39 is 11.4 Å². The maximum absolute atomic E-state index is 13.1. The Morgan fingerprint density at radius 2 is 1.94 bits per heavy atom. The summed E-state index contributed by atoms with van der Waals surface area (Å²) in [6.07, 6.45) is 6.77. The molecule has 4 rings (SSSR count). The van der Waals surface area contributed by atoms with Gasteiger partial charge in [0.15, 0.2) is 0 Å². The Kier molecular flexibility index (Phi) is 6.90. The predicted octanol–water partition coefficient (Wildman–Crippen LogP) is 1.64. The molecule has 1 aliphatic heterocycles. The number of amides is 1. The summed E-state index contributed by atoms with van der Waals surface area (Å²) < 4.78 is 13.1. The van der Waals surface area contributed by atoms with Crippen molar-refractivity contribution in [2.45, 2.75) is 24.9 Å². The molecule has 178 valence electrons. The van der Waals surface area contributed by atoms with Crippen molar-refractivity contribution < 1.29 is 9.18 Å². The number of nitrogens with two attached hydrogens (primary N) is 3. The molecule has 0 saturated carbocycles. The zero-order valence-electron chi connectivity index (χ0n) is 18.8. The quantitative estimate of drug-likeness (QED) is 0.194. The van der Waals surface area contributed by atoms with Crippen molar-refractivity contribution in [3.8, 4) is 0 Å². The molecule has 1 aromatic carbocycles. The second-order valence-corrected chi connectivity index (χ2v) is 8.51. The Hall–Kier alpha value is -3.76. The summed E-state index contributed by atoms with van der Waals surface area (Å²) in [5.74, 6) is -1.15. The fourth-order valence-electron chi connectivity index (χ4n) is 4.15. The van der Waals surface area contributed by atoms with E-state index in [2.05, 4.69) is 25.2 Å². The Morgan fingerprint density at radius 3 is 2.62 bits per heavy atom. The zero-order chi connectivity index (χ0) is 24.1. The number of H-pyrrole nitrogens is 1. The van der Waals surface area contributed by atoms with Gasteiger partial charge in [0.05, 0.1) is 16.8 Å². The second kappa shape index (κ2) is 10.0. The third-order valence-electron chi connectivity index (χ3n) is 6.29. The number of aromatic amines is 1. The van der Waals surface area contributed by atoms with E-state index >= 15 is 0 Å². The monoisotopic (exact) mass is 464 g/mol. The highest BCUT2D eigenvalue weighted by Crippen LogP contribution is 2.25. The summed E-state index contributed by atoms with van der Waals surface area (Å²) in [4.78, 5) is 26.1. The van der Waals surface area contributed by atoms with Gasteiger partial charge in [0.1, 0.15) is 17.3 Å². The molecule has 0 bridgehead atoms. The molecule has 0 radical (unpaired) electrons. The van der Waals surface area contributed by atoms with Crippen molar-refractivity contribution in [2.75, 3.05) is 19.6 Å². The number of carbonyl (C=O) groups excluding carboxylic acids is 1. The number of likely N-dealkylation sites (tertiary alicyclic amines) is 1. The van der Waals surface area contributed by atoms with E-state index in [1.807, 2.05) is 24.5 Å². The predicted molar refractivity (Wildman–Crippen MR) is 130 cm³/mol. The average molecular weight is 465 g/mol. The molecule has 8 N–H and O–H groups in total. The fraction of sp³-hybridized carbons (Fsp3) is 0.292. The van der Waals surface area contributed by atoms with Gasteiger partial charge in [-0.05, 0) is 54.8 Å². The van der Waals surface area contributed by atoms with Crippen LogP contribution in [0.4, 0.5) is 10.1 Å². The summed E-state index contributed by atoms with van der Waals surface area (Å²) in [6, 6.07) is 9.56. The van der Waals surface area contributed by atoms with Crippen LogP contribution in [0.25, 0.3) is 11.0 Å². The van der Waals surface area contributed by atoms with E-state index in [0.29, 0.717) is 12.2 Å². The van der Waals surface area contributed by atoms with E-state index in [-0.39, 0.29) is 17.2 Å². The van der Waals surface area contributed by atoms with Crippen molar-refractivity contribution in [1.82, 2.24) is 20.2 Å². The van der Waals surface area contributed by atoms with Crippen molar-refractivity contribution in [1.29, 1.82) is 0 Å². The van der Waals surface area contributed by atoms with Crippen molar-refractivity contribution >= 4 is 28.5 Å². The van der Waals surface area contributed by atoms with Crippen LogP contribution < -0.4 is 22.5 Å². The number of primary amides is 1. The smallest absolute Gasteiger partial charge is 0.253 e. The molecule has 1 fully saturated rings. The minimum atomic E-state index is -0.714. The number of benzene rings is 1. The molecule has 3 aromatic rings. The third-order valence-corrected chi connectivity index (χ3v) is 6.29. The summed E-state index contributed by atoms with van der Waals surface area (Å²) in [6.45, 7) is 2.86. The van der Waals surface area contributed by atoms with Crippen LogP contribution in [0.5, 0.6) is 0 Å². The first-order valence-electron chi connectivity index (χ1n) is 11.1. The highest BCUT2D eigenvalue weighted by molar-refractivity contribution is 6.20. The number of nitrogens with zero attached hydrogens (tertiary/aromatic N) is 3. The van der Waals surface area contributed by atoms with Gasteiger partial charge in [-0.25, -0.2) is 14.4 Å². The number of aromatic nitrogens is 2. The fourth-order valence-corrected chi connectivity index (χ4v) is 4.15. The van der Waals surface area contributed by atoms with E-state index in [1.54, 1.807) is 0 Å². The molecule has 10 heteroatoms. The molecule has 0 atom stereocenters. The minimum absolute atomic E-state index is 0.0474. The summed E-state index contributed by atoms with van der Waals surface area (Å²) in [5, 5.41) is 4.43. The van der Waals surface area contributed by atoms with Crippen LogP contribution >= 0.6 is 0 Å². The number of piperidine rings is 1. The molecule has 0 spiro atoms. The van der Waals surface area contributed by atoms with Crippen molar-refractivity contribution in [3.63, 3.8) is 0 Å². The van der Waals surface area contributed by atoms with Gasteiger partial charge in [-0.2, -0.15) is 0 Å². The summed E-state index contributed by atoms with van der Waals surface area (Å²) in [5.41, 5.74) is 19.9. The molecule has 1 aliphatic rings. The lowest BCUT2D eigenvalue weighted by molar-refractivity contribution is -0.114. The van der Waals surface area contributed by atoms with Crippen LogP contribution in [0.3, 0.4) is 0 Å². The molecule has 1 amide bonds. The highest BCUT2D eigenvalue weighted by Gasteiger charge is 2.33. The second-order valence-electron chi connectivity index (χ2n) is 8.51. The Labute approximate surface area is 196 Å². The standard InChI is InChI=1S/C24H29FN8O/c25-17-1-3-18(4-2-17)32-21(27)20(22(28)34)13-31-24(15-26)7-11-33(12-8-24)14-16-5-9-29-23-19(16)6-10-30-23/h1-6,9-10,13,31H,7-8,11-12,14-15,26H2,(H2,27,32)(H2,28,34)(H,29,30)/b20-13+. The largest absolute Gasteiger partial charge is 0.383 e. The maximum atomic E-state index is 13.1. The van der Waals surface area contributed by atoms with Gasteiger partial charge < -0.3 is 27.5 Å². The number of rotatable bonds is 8. The Morgan fingerprint density at radius 1 is 1.21 bits per heavy atom. The van der Waals surface area contributed by atoms with Gasteiger partial charge in [0.25, 0.3) is 5.91 Å². The van der Waals surface area contributed by atoms with Crippen LogP contribution in [0.15, 0.2) is 65.6 Å². The number of halogens is 1. The van der Waals surface area contributed by atoms with E-state index in [4.69, 9.17) is 17.2 Å². The number of fused-ring (bicyclic) bond motifs is 1. The van der Waals surface area contributed by atoms with Gasteiger partial charge in [0.2, 0.25) is 0 Å². The lowest BCUT2D eigenvalue weighted by Gasteiger charge is -2.41. The summed E-state index contributed by atoms with van der Waals surface area (Å²) >= 11 is 0. The van der Waals surface area contributed by atoms with E-state index in [1.165, 1.54) is 36.0 Å². The van der Waals surface area contributed by atoms with Crippen molar-refractivity contribution in [3.05, 3.63) is 71.9 Å². The number of hydrogen-bond donors (Lipinski definition) is 5. The topological polar surface area (TPSA) is 151 Å². The highest BCUT2D eigenvalue weighted by atomic mass is 19.1. The molecule has 9 nitrogen and oxygen atoms in total. The van der Waals surface area contributed by atoms with Gasteiger partial charge >= 0.3 is 0 Å². The molecule has 0 unspecified atom stereocenters. The molecule has 0 aliphatic carbocycles. The number of pyridine rings is 1. The SMILES string of the molecule is NCC1(N/C=C(/C(N)=O)C(N)=Nc2ccc(F)cc2)CCN(Cc2ccnc3[nH]ccc23)CC1. The van der Waals surface area contributed by atoms with Crippen LogP contribution in [0, 0.1) is 5.82 Å². The molecule has 2 aromatic heterocycles. The molecule has 1 saturated heterocycles.